The van der Waals surface area contributed by atoms with Crippen LogP contribution in [0, 0.1) is 17.0 Å². The fourth-order valence-corrected chi connectivity index (χ4v) is 2.58. The number of non-ortho nitro benzene ring substituents is 1. The van der Waals surface area contributed by atoms with Crippen molar-refractivity contribution in [3.63, 3.8) is 0 Å². The predicted molar refractivity (Wildman–Crippen MR) is 108 cm³/mol. The van der Waals surface area contributed by atoms with E-state index in [9.17, 15) is 14.9 Å². The normalized spacial score (nSPS) is 10.8. The van der Waals surface area contributed by atoms with Gasteiger partial charge >= 0.3 is 0 Å². The van der Waals surface area contributed by atoms with Crippen LogP contribution >= 0.6 is 11.6 Å². The minimum Gasteiger partial charge on any atom is -0.484 e. The van der Waals surface area contributed by atoms with Gasteiger partial charge in [-0.25, -0.2) is 5.43 Å². The smallest absolute Gasteiger partial charge is 0.277 e. The van der Waals surface area contributed by atoms with Crippen molar-refractivity contribution in [3.8, 4) is 17.1 Å². The standard InChI is InChI=1S/C20H16ClN3O5/c1-13-2-5-15(6-3-13)28-12-20(25)23-22-11-16-7-9-19(29-16)17-10-14(24(26)27)4-8-18(17)21/h2-11H,12H2,1H3,(H,23,25)/b22-11-. The van der Waals surface area contributed by atoms with Gasteiger partial charge in [-0.05, 0) is 37.3 Å². The van der Waals surface area contributed by atoms with Crippen LogP contribution in [0.1, 0.15) is 11.3 Å². The molecule has 0 fully saturated rings. The van der Waals surface area contributed by atoms with Gasteiger partial charge in [-0.1, -0.05) is 29.3 Å². The van der Waals surface area contributed by atoms with E-state index in [4.69, 9.17) is 20.8 Å². The van der Waals surface area contributed by atoms with Crippen LogP contribution in [0.4, 0.5) is 5.69 Å². The summed E-state index contributed by atoms with van der Waals surface area (Å²) in [5.74, 6) is 0.825. The number of amides is 1. The van der Waals surface area contributed by atoms with Gasteiger partial charge in [0.2, 0.25) is 0 Å². The second-order valence-electron chi connectivity index (χ2n) is 6.02. The number of carbonyl (C=O) groups excluding carboxylic acids is 1. The molecule has 0 saturated carbocycles. The highest BCUT2D eigenvalue weighted by molar-refractivity contribution is 6.33. The van der Waals surface area contributed by atoms with Gasteiger partial charge in [0.05, 0.1) is 16.2 Å². The molecule has 0 bridgehead atoms. The van der Waals surface area contributed by atoms with Crippen molar-refractivity contribution < 1.29 is 18.9 Å². The van der Waals surface area contributed by atoms with E-state index in [-0.39, 0.29) is 12.3 Å². The number of hydrogen-bond acceptors (Lipinski definition) is 6. The first-order valence-electron chi connectivity index (χ1n) is 8.48. The lowest BCUT2D eigenvalue weighted by Crippen LogP contribution is -2.24. The molecule has 9 heteroatoms. The highest BCUT2D eigenvalue weighted by Crippen LogP contribution is 2.32. The second kappa shape index (κ2) is 9.03. The molecule has 3 rings (SSSR count). The second-order valence-corrected chi connectivity index (χ2v) is 6.43. The van der Waals surface area contributed by atoms with E-state index in [1.807, 2.05) is 19.1 Å². The number of rotatable bonds is 7. The summed E-state index contributed by atoms with van der Waals surface area (Å²) in [5, 5.41) is 15.0. The lowest BCUT2D eigenvalue weighted by Gasteiger charge is -2.04. The van der Waals surface area contributed by atoms with E-state index in [0.29, 0.717) is 27.9 Å². The first-order valence-corrected chi connectivity index (χ1v) is 8.85. The Bertz CT molecular complexity index is 1060. The number of hydrazone groups is 1. The average Bonchev–Trinajstić information content (AvgIpc) is 3.16. The molecule has 1 heterocycles. The molecular formula is C20H16ClN3O5. The Morgan fingerprint density at radius 3 is 2.72 bits per heavy atom. The SMILES string of the molecule is Cc1ccc(OCC(=O)N/N=C\c2ccc(-c3cc([N+](=O)[O-])ccc3Cl)o2)cc1. The van der Waals surface area contributed by atoms with Crippen molar-refractivity contribution in [1.29, 1.82) is 0 Å². The van der Waals surface area contributed by atoms with Gasteiger partial charge in [-0.2, -0.15) is 5.10 Å². The molecule has 1 N–H and O–H groups in total. The summed E-state index contributed by atoms with van der Waals surface area (Å²) in [5.41, 5.74) is 3.71. The number of hydrogen-bond donors (Lipinski definition) is 1. The number of carbonyl (C=O) groups is 1. The monoisotopic (exact) mass is 413 g/mol. The number of nitrogens with one attached hydrogen (secondary N) is 1. The molecule has 0 atom stereocenters. The van der Waals surface area contributed by atoms with Crippen molar-refractivity contribution >= 4 is 29.4 Å². The van der Waals surface area contributed by atoms with Crippen LogP contribution in [0.2, 0.25) is 5.02 Å². The third kappa shape index (κ3) is 5.43. The van der Waals surface area contributed by atoms with Crippen molar-refractivity contribution in [2.24, 2.45) is 5.10 Å². The molecule has 148 valence electrons. The zero-order chi connectivity index (χ0) is 20.8. The number of aryl methyl sites for hydroxylation is 1. The Hall–Kier alpha value is -3.65. The van der Waals surface area contributed by atoms with Crippen LogP contribution in [0.3, 0.4) is 0 Å². The highest BCUT2D eigenvalue weighted by atomic mass is 35.5. The molecule has 0 radical (unpaired) electrons. The Morgan fingerprint density at radius 2 is 2.00 bits per heavy atom. The van der Waals surface area contributed by atoms with Gasteiger partial charge in [0.15, 0.2) is 6.61 Å². The maximum atomic E-state index is 11.8. The third-order valence-electron chi connectivity index (χ3n) is 3.82. The highest BCUT2D eigenvalue weighted by Gasteiger charge is 2.14. The van der Waals surface area contributed by atoms with Gasteiger partial charge in [0.1, 0.15) is 17.3 Å². The first kappa shape index (κ1) is 20.1. The van der Waals surface area contributed by atoms with Crippen molar-refractivity contribution in [3.05, 3.63) is 81.1 Å². The zero-order valence-electron chi connectivity index (χ0n) is 15.3. The van der Waals surface area contributed by atoms with Crippen molar-refractivity contribution in [1.82, 2.24) is 5.43 Å². The number of halogens is 1. The molecule has 2 aromatic carbocycles. The van der Waals surface area contributed by atoms with E-state index in [2.05, 4.69) is 10.5 Å². The maximum Gasteiger partial charge on any atom is 0.277 e. The molecule has 3 aromatic rings. The van der Waals surface area contributed by atoms with E-state index >= 15 is 0 Å². The summed E-state index contributed by atoms with van der Waals surface area (Å²) in [6, 6.07) is 14.6. The van der Waals surface area contributed by atoms with E-state index < -0.39 is 10.8 Å². The van der Waals surface area contributed by atoms with Crippen LogP contribution < -0.4 is 10.2 Å². The maximum absolute atomic E-state index is 11.8. The third-order valence-corrected chi connectivity index (χ3v) is 4.15. The first-order chi connectivity index (χ1) is 13.9. The van der Waals surface area contributed by atoms with Crippen LogP contribution in [-0.4, -0.2) is 23.7 Å². The number of nitro groups is 1. The number of nitro benzene ring substituents is 1. The van der Waals surface area contributed by atoms with Crippen LogP contribution in [0.25, 0.3) is 11.3 Å². The molecule has 1 amide bonds. The van der Waals surface area contributed by atoms with Gasteiger partial charge < -0.3 is 9.15 Å². The average molecular weight is 414 g/mol. The fraction of sp³-hybridized carbons (Fsp3) is 0.100. The van der Waals surface area contributed by atoms with E-state index in [1.165, 1.54) is 24.4 Å². The molecule has 8 nitrogen and oxygen atoms in total. The topological polar surface area (TPSA) is 107 Å². The molecule has 1 aromatic heterocycles. The summed E-state index contributed by atoms with van der Waals surface area (Å²) in [6.45, 7) is 1.77. The zero-order valence-corrected chi connectivity index (χ0v) is 16.1. The number of nitrogens with zero attached hydrogens (tertiary/aromatic N) is 2. The quantitative estimate of drug-likeness (QED) is 0.352. The predicted octanol–water partition coefficient (Wildman–Crippen LogP) is 4.35. The van der Waals surface area contributed by atoms with E-state index in [0.717, 1.165) is 5.56 Å². The summed E-state index contributed by atoms with van der Waals surface area (Å²) in [7, 11) is 0. The van der Waals surface area contributed by atoms with Crippen LogP contribution in [-0.2, 0) is 4.79 Å². The minimum absolute atomic E-state index is 0.100. The lowest BCUT2D eigenvalue weighted by atomic mass is 10.1. The molecule has 0 aliphatic heterocycles. The molecule has 0 spiro atoms. The summed E-state index contributed by atoms with van der Waals surface area (Å²) in [4.78, 5) is 22.2. The molecule has 0 unspecified atom stereocenters. The van der Waals surface area contributed by atoms with Crippen LogP contribution in [0.15, 0.2) is 64.1 Å². The number of benzene rings is 2. The number of furan rings is 1. The molecule has 0 aliphatic carbocycles. The van der Waals surface area contributed by atoms with Crippen LogP contribution in [0.5, 0.6) is 5.75 Å². The van der Waals surface area contributed by atoms with Gasteiger partial charge in [0, 0.05) is 17.7 Å². The Morgan fingerprint density at radius 1 is 1.24 bits per heavy atom. The van der Waals surface area contributed by atoms with Gasteiger partial charge in [-0.15, -0.1) is 0 Å². The molecule has 0 aliphatic rings. The largest absolute Gasteiger partial charge is 0.484 e. The Kier molecular flexibility index (Phi) is 6.25. The van der Waals surface area contributed by atoms with E-state index in [1.54, 1.807) is 24.3 Å². The van der Waals surface area contributed by atoms with Gasteiger partial charge in [-0.3, -0.25) is 14.9 Å². The van der Waals surface area contributed by atoms with Crippen molar-refractivity contribution in [2.75, 3.05) is 6.61 Å². The molecular weight excluding hydrogens is 398 g/mol. The van der Waals surface area contributed by atoms with Crippen molar-refractivity contribution in [2.45, 2.75) is 6.92 Å². The Balaban J connectivity index is 1.58. The summed E-state index contributed by atoms with van der Waals surface area (Å²) >= 11 is 6.10. The summed E-state index contributed by atoms with van der Waals surface area (Å²) in [6.07, 6.45) is 1.30. The molecule has 0 saturated heterocycles. The fourth-order valence-electron chi connectivity index (χ4n) is 2.37. The Labute approximate surface area is 170 Å². The van der Waals surface area contributed by atoms with Gasteiger partial charge in [0.25, 0.3) is 11.6 Å². The summed E-state index contributed by atoms with van der Waals surface area (Å²) < 4.78 is 10.9. The number of ether oxygens (including phenoxy) is 1. The lowest BCUT2D eigenvalue weighted by molar-refractivity contribution is -0.384. The minimum atomic E-state index is -0.515. The molecule has 29 heavy (non-hydrogen) atoms.